The van der Waals surface area contributed by atoms with Crippen molar-refractivity contribution in [3.8, 4) is 0 Å². The molecule has 0 amide bonds. The molecule has 27 heavy (non-hydrogen) atoms. The third-order valence-corrected chi connectivity index (χ3v) is 8.36. The highest BCUT2D eigenvalue weighted by atomic mass is 16.6. The Morgan fingerprint density at radius 3 is 2.52 bits per heavy atom. The molecule has 0 aromatic carbocycles. The fraction of sp³-hybridized carbons (Fsp3) is 0.789. The molecule has 11 atom stereocenters. The number of carbonyl (C=O) groups excluding carboxylic acids is 2. The zero-order chi connectivity index (χ0) is 19.5. The molecule has 4 fully saturated rings. The Morgan fingerprint density at radius 2 is 1.81 bits per heavy atom. The van der Waals surface area contributed by atoms with Crippen molar-refractivity contribution >= 4 is 11.8 Å². The number of fused-ring (bicyclic) bond motifs is 2. The molecule has 148 valence electrons. The van der Waals surface area contributed by atoms with Crippen molar-refractivity contribution in [1.82, 2.24) is 0 Å². The Hall–Kier alpha value is -1.32. The van der Waals surface area contributed by atoms with Crippen LogP contribution in [0.4, 0.5) is 0 Å². The summed E-state index contributed by atoms with van der Waals surface area (Å²) in [6.07, 6.45) is -2.83. The Kier molecular flexibility index (Phi) is 3.28. The van der Waals surface area contributed by atoms with Crippen LogP contribution in [0.25, 0.3) is 0 Å². The lowest BCUT2D eigenvalue weighted by Gasteiger charge is -2.67. The van der Waals surface area contributed by atoms with Crippen LogP contribution in [-0.4, -0.2) is 74.9 Å². The first-order valence-electron chi connectivity index (χ1n) is 9.39. The standard InChI is InChI=1S/C19H24O8/c1-17-7(3-4-8(20)14(17)23)5-9-19-6-26-18(2,15(24)10(21)12(17)19)13(19)11(22)16(25)27-9/h3-4,7,9-15,21-24H,5-6H2,1-2H3/t7-,9-,10-,11-,12-,13+,14-,15+,17+,18-,19?/m1/s1. The summed E-state index contributed by atoms with van der Waals surface area (Å²) < 4.78 is 11.5. The Bertz CT molecular complexity index is 765. The molecular weight excluding hydrogens is 356 g/mol. The largest absolute Gasteiger partial charge is 0.460 e. The second kappa shape index (κ2) is 4.99. The summed E-state index contributed by atoms with van der Waals surface area (Å²) in [5.41, 5.74) is -3.40. The van der Waals surface area contributed by atoms with Gasteiger partial charge in [0.2, 0.25) is 0 Å². The van der Waals surface area contributed by atoms with E-state index in [1.807, 2.05) is 0 Å². The first kappa shape index (κ1) is 17.8. The van der Waals surface area contributed by atoms with E-state index >= 15 is 0 Å². The van der Waals surface area contributed by atoms with E-state index in [2.05, 4.69) is 0 Å². The molecule has 8 heteroatoms. The molecule has 3 aliphatic carbocycles. The highest BCUT2D eigenvalue weighted by Crippen LogP contribution is 2.71. The summed E-state index contributed by atoms with van der Waals surface area (Å²) in [7, 11) is 0. The van der Waals surface area contributed by atoms with Gasteiger partial charge in [-0.05, 0) is 25.3 Å². The number of hydrogen-bond acceptors (Lipinski definition) is 8. The third-order valence-electron chi connectivity index (χ3n) is 8.36. The van der Waals surface area contributed by atoms with Gasteiger partial charge in [0, 0.05) is 22.7 Å². The van der Waals surface area contributed by atoms with Crippen molar-refractivity contribution in [2.75, 3.05) is 6.61 Å². The molecule has 5 rings (SSSR count). The lowest BCUT2D eigenvalue weighted by molar-refractivity contribution is -0.295. The van der Waals surface area contributed by atoms with Crippen molar-refractivity contribution in [2.24, 2.45) is 28.6 Å². The van der Waals surface area contributed by atoms with Gasteiger partial charge in [-0.15, -0.1) is 0 Å². The van der Waals surface area contributed by atoms with Crippen LogP contribution in [0.5, 0.6) is 0 Å². The summed E-state index contributed by atoms with van der Waals surface area (Å²) in [4.78, 5) is 24.7. The molecule has 2 heterocycles. The van der Waals surface area contributed by atoms with Crippen molar-refractivity contribution in [3.05, 3.63) is 12.2 Å². The maximum absolute atomic E-state index is 12.4. The van der Waals surface area contributed by atoms with Crippen LogP contribution in [-0.2, 0) is 19.1 Å². The van der Waals surface area contributed by atoms with Gasteiger partial charge in [-0.2, -0.15) is 0 Å². The normalized spacial score (nSPS) is 61.3. The molecule has 2 aliphatic heterocycles. The van der Waals surface area contributed by atoms with E-state index in [-0.39, 0.29) is 12.5 Å². The third kappa shape index (κ3) is 1.69. The van der Waals surface area contributed by atoms with Crippen LogP contribution in [0.1, 0.15) is 20.3 Å². The van der Waals surface area contributed by atoms with Crippen LogP contribution >= 0.6 is 0 Å². The van der Waals surface area contributed by atoms with Gasteiger partial charge in [0.25, 0.3) is 0 Å². The van der Waals surface area contributed by atoms with Crippen molar-refractivity contribution in [3.63, 3.8) is 0 Å². The molecule has 1 spiro atoms. The van der Waals surface area contributed by atoms with Crippen LogP contribution in [0.3, 0.4) is 0 Å². The molecular formula is C19H24O8. The van der Waals surface area contributed by atoms with Crippen molar-refractivity contribution in [2.45, 2.75) is 56.4 Å². The average Bonchev–Trinajstić information content (AvgIpc) is 2.89. The number of allylic oxidation sites excluding steroid dienone is 1. The van der Waals surface area contributed by atoms with E-state index in [4.69, 9.17) is 9.47 Å². The van der Waals surface area contributed by atoms with E-state index in [1.165, 1.54) is 6.08 Å². The van der Waals surface area contributed by atoms with E-state index in [0.717, 1.165) is 0 Å². The van der Waals surface area contributed by atoms with Gasteiger partial charge in [0.05, 0.1) is 12.7 Å². The molecule has 2 saturated carbocycles. The molecule has 8 nitrogen and oxygen atoms in total. The summed E-state index contributed by atoms with van der Waals surface area (Å²) in [6, 6.07) is 0. The maximum atomic E-state index is 12.4. The van der Waals surface area contributed by atoms with E-state index in [0.29, 0.717) is 6.42 Å². The SMILES string of the molecule is C[C@@]12OCC34[C@H]1[C@@H](O)C(=O)O[C@@H]3C[C@H]1C=CC(=O)[C@@H](O)[C@]1(C)[C@H]4[C@@H](O)[C@@H]2O. The fourth-order valence-electron chi connectivity index (χ4n) is 7.14. The number of aliphatic hydroxyl groups is 4. The van der Waals surface area contributed by atoms with Gasteiger partial charge < -0.3 is 29.9 Å². The molecule has 2 bridgehead atoms. The topological polar surface area (TPSA) is 134 Å². The first-order valence-corrected chi connectivity index (χ1v) is 9.39. The molecule has 0 radical (unpaired) electrons. The lowest BCUT2D eigenvalue weighted by atomic mass is 9.38. The van der Waals surface area contributed by atoms with Crippen molar-refractivity contribution < 1.29 is 39.5 Å². The maximum Gasteiger partial charge on any atom is 0.335 e. The summed E-state index contributed by atoms with van der Waals surface area (Å²) >= 11 is 0. The highest BCUT2D eigenvalue weighted by Gasteiger charge is 2.81. The number of carbonyl (C=O) groups is 2. The van der Waals surface area contributed by atoms with Gasteiger partial charge in [-0.3, -0.25) is 4.79 Å². The molecule has 0 aromatic rings. The molecule has 4 N–H and O–H groups in total. The number of rotatable bonds is 0. The first-order chi connectivity index (χ1) is 12.6. The predicted octanol–water partition coefficient (Wildman–Crippen LogP) is -1.46. The Labute approximate surface area is 155 Å². The summed E-state index contributed by atoms with van der Waals surface area (Å²) in [5, 5.41) is 43.6. The Morgan fingerprint density at radius 1 is 1.11 bits per heavy atom. The van der Waals surface area contributed by atoms with Crippen LogP contribution in [0, 0.1) is 28.6 Å². The van der Waals surface area contributed by atoms with Crippen molar-refractivity contribution in [1.29, 1.82) is 0 Å². The lowest BCUT2D eigenvalue weighted by Crippen LogP contribution is -2.78. The molecule has 5 aliphatic rings. The number of esters is 1. The fourth-order valence-corrected chi connectivity index (χ4v) is 7.14. The summed E-state index contributed by atoms with van der Waals surface area (Å²) in [5.74, 6) is -3.15. The second-order valence-corrected chi connectivity index (χ2v) is 9.22. The van der Waals surface area contributed by atoms with Crippen LogP contribution < -0.4 is 0 Å². The molecule has 1 unspecified atom stereocenters. The van der Waals surface area contributed by atoms with Gasteiger partial charge in [-0.1, -0.05) is 13.0 Å². The number of aliphatic hydroxyl groups excluding tert-OH is 4. The van der Waals surface area contributed by atoms with E-state index in [1.54, 1.807) is 19.9 Å². The monoisotopic (exact) mass is 380 g/mol. The van der Waals surface area contributed by atoms with E-state index in [9.17, 15) is 30.0 Å². The van der Waals surface area contributed by atoms with Gasteiger partial charge in [0.1, 0.15) is 23.9 Å². The zero-order valence-electron chi connectivity index (χ0n) is 15.1. The molecule has 0 aromatic heterocycles. The minimum atomic E-state index is -1.51. The molecule has 2 saturated heterocycles. The smallest absolute Gasteiger partial charge is 0.335 e. The van der Waals surface area contributed by atoms with E-state index < -0.39 is 70.5 Å². The summed E-state index contributed by atoms with van der Waals surface area (Å²) in [6.45, 7) is 3.39. The minimum absolute atomic E-state index is 0.0644. The number of ketones is 1. The predicted molar refractivity (Wildman–Crippen MR) is 88.0 cm³/mol. The highest BCUT2D eigenvalue weighted by molar-refractivity contribution is 5.95. The van der Waals surface area contributed by atoms with Gasteiger partial charge in [-0.25, -0.2) is 4.79 Å². The van der Waals surface area contributed by atoms with Crippen LogP contribution in [0.15, 0.2) is 12.2 Å². The second-order valence-electron chi connectivity index (χ2n) is 9.22. The number of hydrogen-bond donors (Lipinski definition) is 4. The number of ether oxygens (including phenoxy) is 2. The van der Waals surface area contributed by atoms with Gasteiger partial charge in [0.15, 0.2) is 11.9 Å². The van der Waals surface area contributed by atoms with Crippen LogP contribution in [0.2, 0.25) is 0 Å². The van der Waals surface area contributed by atoms with Gasteiger partial charge >= 0.3 is 5.97 Å². The minimum Gasteiger partial charge on any atom is -0.460 e. The quantitative estimate of drug-likeness (QED) is 0.375. The Balaban J connectivity index is 1.77. The zero-order valence-corrected chi connectivity index (χ0v) is 15.1. The average molecular weight is 380 g/mol.